The Morgan fingerprint density at radius 3 is 2.61 bits per heavy atom. The molecule has 0 unspecified atom stereocenters. The first-order valence-electron chi connectivity index (χ1n) is 9.75. The number of rotatable bonds is 5. The van der Waals surface area contributed by atoms with Crippen molar-refractivity contribution in [1.82, 2.24) is 9.21 Å². The van der Waals surface area contributed by atoms with Crippen LogP contribution in [0.1, 0.15) is 16.7 Å². The fourth-order valence-electron chi connectivity index (χ4n) is 3.86. The number of sulfonamides is 1. The minimum atomic E-state index is -3.87. The highest BCUT2D eigenvalue weighted by Gasteiger charge is 2.31. The molecule has 0 N–H and O–H groups in total. The number of piperazine rings is 1. The molecule has 2 aliphatic rings. The van der Waals surface area contributed by atoms with Crippen molar-refractivity contribution in [3.8, 4) is 5.75 Å². The summed E-state index contributed by atoms with van der Waals surface area (Å²) in [6.07, 6.45) is 0. The number of fused-ring (bicyclic) bond motifs is 1. The standard InChI is InChI=1S/C20H22FN3O6S/c1-14-2-3-18(24(25)26)10-19(14)31(27,28)23-6-4-22(5-7-23)11-15-8-17(21)9-16-12-29-13-30-20(15)16/h2-3,8-10H,4-7,11-13H2,1H3. The monoisotopic (exact) mass is 451 g/mol. The second-order valence-corrected chi connectivity index (χ2v) is 9.46. The molecule has 0 aromatic heterocycles. The number of hydrogen-bond acceptors (Lipinski definition) is 7. The first kappa shape index (κ1) is 21.6. The maximum Gasteiger partial charge on any atom is 0.270 e. The lowest BCUT2D eigenvalue weighted by Gasteiger charge is -2.34. The number of hydrogen-bond donors (Lipinski definition) is 0. The van der Waals surface area contributed by atoms with Gasteiger partial charge < -0.3 is 9.47 Å². The first-order chi connectivity index (χ1) is 14.8. The third kappa shape index (κ3) is 4.40. The van der Waals surface area contributed by atoms with E-state index in [1.165, 1.54) is 28.6 Å². The van der Waals surface area contributed by atoms with E-state index in [0.29, 0.717) is 42.1 Å². The summed E-state index contributed by atoms with van der Waals surface area (Å²) in [6.45, 7) is 3.77. The molecule has 0 aliphatic carbocycles. The lowest BCUT2D eigenvalue weighted by molar-refractivity contribution is -0.385. The molecular weight excluding hydrogens is 429 g/mol. The second kappa shape index (κ2) is 8.50. The lowest BCUT2D eigenvalue weighted by atomic mass is 10.1. The van der Waals surface area contributed by atoms with Gasteiger partial charge in [0.25, 0.3) is 5.69 Å². The molecule has 1 fully saturated rings. The highest BCUT2D eigenvalue weighted by Crippen LogP contribution is 2.31. The second-order valence-electron chi connectivity index (χ2n) is 7.55. The summed E-state index contributed by atoms with van der Waals surface area (Å²) >= 11 is 0. The van der Waals surface area contributed by atoms with Crippen molar-refractivity contribution in [2.24, 2.45) is 0 Å². The Balaban J connectivity index is 1.48. The zero-order valence-corrected chi connectivity index (χ0v) is 17.7. The summed E-state index contributed by atoms with van der Waals surface area (Å²) in [5, 5.41) is 11.1. The fourth-order valence-corrected chi connectivity index (χ4v) is 5.53. The van der Waals surface area contributed by atoms with Crippen molar-refractivity contribution in [1.29, 1.82) is 0 Å². The van der Waals surface area contributed by atoms with Gasteiger partial charge in [-0.05, 0) is 24.6 Å². The average Bonchev–Trinajstić information content (AvgIpc) is 2.74. The topological polar surface area (TPSA) is 102 Å². The minimum absolute atomic E-state index is 0.0530. The van der Waals surface area contributed by atoms with Gasteiger partial charge in [0.1, 0.15) is 11.6 Å². The molecule has 2 aliphatic heterocycles. The molecule has 31 heavy (non-hydrogen) atoms. The number of halogens is 1. The van der Waals surface area contributed by atoms with E-state index in [-0.39, 0.29) is 42.9 Å². The first-order valence-corrected chi connectivity index (χ1v) is 11.2. The number of aryl methyl sites for hydroxylation is 1. The van der Waals surface area contributed by atoms with E-state index in [4.69, 9.17) is 9.47 Å². The lowest BCUT2D eigenvalue weighted by Crippen LogP contribution is -2.48. The third-order valence-electron chi connectivity index (χ3n) is 5.48. The minimum Gasteiger partial charge on any atom is -0.467 e. The molecule has 1 saturated heterocycles. The van der Waals surface area contributed by atoms with Gasteiger partial charge >= 0.3 is 0 Å². The molecule has 0 spiro atoms. The molecule has 2 aromatic rings. The number of ether oxygens (including phenoxy) is 2. The number of non-ortho nitro benzene ring substituents is 1. The van der Waals surface area contributed by atoms with Crippen LogP contribution >= 0.6 is 0 Å². The van der Waals surface area contributed by atoms with E-state index in [1.54, 1.807) is 6.92 Å². The summed E-state index contributed by atoms with van der Waals surface area (Å²) in [5.41, 5.74) is 1.55. The molecule has 9 nitrogen and oxygen atoms in total. The van der Waals surface area contributed by atoms with Crippen molar-refractivity contribution < 1.29 is 27.2 Å². The van der Waals surface area contributed by atoms with Crippen LogP contribution in [0.3, 0.4) is 0 Å². The summed E-state index contributed by atoms with van der Waals surface area (Å²) in [7, 11) is -3.87. The van der Waals surface area contributed by atoms with Crippen molar-refractivity contribution in [2.45, 2.75) is 25.0 Å². The largest absolute Gasteiger partial charge is 0.467 e. The Kier molecular flexibility index (Phi) is 5.93. The third-order valence-corrected chi connectivity index (χ3v) is 7.52. The average molecular weight is 451 g/mol. The highest BCUT2D eigenvalue weighted by molar-refractivity contribution is 7.89. The van der Waals surface area contributed by atoms with Gasteiger partial charge in [-0.1, -0.05) is 6.07 Å². The molecule has 166 valence electrons. The maximum atomic E-state index is 14.0. The predicted octanol–water partition coefficient (Wildman–Crippen LogP) is 2.42. The van der Waals surface area contributed by atoms with Gasteiger partial charge in [-0.3, -0.25) is 15.0 Å². The van der Waals surface area contributed by atoms with E-state index in [1.807, 2.05) is 4.90 Å². The number of nitrogens with zero attached hydrogens (tertiary/aromatic N) is 3. The normalized spacial score (nSPS) is 17.7. The van der Waals surface area contributed by atoms with Crippen LogP contribution in [0, 0.1) is 22.9 Å². The Morgan fingerprint density at radius 1 is 1.16 bits per heavy atom. The van der Waals surface area contributed by atoms with Gasteiger partial charge in [-0.15, -0.1) is 0 Å². The molecule has 0 radical (unpaired) electrons. The molecule has 4 rings (SSSR count). The number of benzene rings is 2. The van der Waals surface area contributed by atoms with E-state index in [9.17, 15) is 22.9 Å². The molecule has 11 heteroatoms. The van der Waals surface area contributed by atoms with Crippen molar-refractivity contribution in [3.63, 3.8) is 0 Å². The molecule has 2 aromatic carbocycles. The SMILES string of the molecule is Cc1ccc([N+](=O)[O-])cc1S(=O)(=O)N1CCN(Cc2cc(F)cc3c2OCOC3)CC1. The van der Waals surface area contributed by atoms with E-state index in [2.05, 4.69) is 0 Å². The van der Waals surface area contributed by atoms with Gasteiger partial charge in [-0.25, -0.2) is 12.8 Å². The highest BCUT2D eigenvalue weighted by atomic mass is 32.2. The van der Waals surface area contributed by atoms with Crippen LogP contribution in [0.15, 0.2) is 35.2 Å². The van der Waals surface area contributed by atoms with Gasteiger partial charge in [0.05, 0.1) is 16.4 Å². The van der Waals surface area contributed by atoms with Gasteiger partial charge in [-0.2, -0.15) is 4.31 Å². The van der Waals surface area contributed by atoms with Crippen LogP contribution in [0.2, 0.25) is 0 Å². The van der Waals surface area contributed by atoms with E-state index < -0.39 is 14.9 Å². The Hall–Kier alpha value is -2.60. The van der Waals surface area contributed by atoms with Gasteiger partial charge in [0, 0.05) is 56.0 Å². The van der Waals surface area contributed by atoms with Crippen LogP contribution < -0.4 is 4.74 Å². The molecule has 2 heterocycles. The molecule has 0 atom stereocenters. The van der Waals surface area contributed by atoms with Crippen LogP contribution in [0.4, 0.5) is 10.1 Å². The Labute approximate surface area is 179 Å². The smallest absolute Gasteiger partial charge is 0.270 e. The van der Waals surface area contributed by atoms with Crippen molar-refractivity contribution >= 4 is 15.7 Å². The summed E-state index contributed by atoms with van der Waals surface area (Å²) < 4.78 is 52.2. The molecular formula is C20H22FN3O6S. The van der Waals surface area contributed by atoms with Gasteiger partial charge in [0.2, 0.25) is 10.0 Å². The predicted molar refractivity (Wildman–Crippen MR) is 109 cm³/mol. The maximum absolute atomic E-state index is 14.0. The van der Waals surface area contributed by atoms with E-state index >= 15 is 0 Å². The zero-order chi connectivity index (χ0) is 22.2. The summed E-state index contributed by atoms with van der Waals surface area (Å²) in [4.78, 5) is 12.4. The summed E-state index contributed by atoms with van der Waals surface area (Å²) in [6, 6.07) is 6.66. The summed E-state index contributed by atoms with van der Waals surface area (Å²) in [5.74, 6) is 0.250. The zero-order valence-electron chi connectivity index (χ0n) is 16.9. The van der Waals surface area contributed by atoms with Crippen LogP contribution in [0.25, 0.3) is 0 Å². The number of nitro groups is 1. The van der Waals surface area contributed by atoms with Crippen LogP contribution in [-0.2, 0) is 27.9 Å². The number of nitro benzene ring substituents is 1. The Bertz CT molecular complexity index is 1120. The molecule has 0 amide bonds. The van der Waals surface area contributed by atoms with Crippen molar-refractivity contribution in [3.05, 3.63) is 63.0 Å². The van der Waals surface area contributed by atoms with Crippen LogP contribution in [0.5, 0.6) is 5.75 Å². The fraction of sp³-hybridized carbons (Fsp3) is 0.400. The van der Waals surface area contributed by atoms with E-state index in [0.717, 1.165) is 6.07 Å². The van der Waals surface area contributed by atoms with Crippen LogP contribution in [-0.4, -0.2) is 55.5 Å². The van der Waals surface area contributed by atoms with Gasteiger partial charge in [0.15, 0.2) is 6.79 Å². The Morgan fingerprint density at radius 2 is 1.90 bits per heavy atom. The molecule has 0 saturated carbocycles. The molecule has 0 bridgehead atoms. The van der Waals surface area contributed by atoms with Crippen molar-refractivity contribution in [2.75, 3.05) is 33.0 Å². The quantitative estimate of drug-likeness (QED) is 0.508.